The number of nitrogens with zero attached hydrogens (tertiary/aromatic N) is 2. The fraction of sp³-hybridized carbons (Fsp3) is 0.357. The molecular formula is C14H18N4O3. The molecule has 2 N–H and O–H groups in total. The average Bonchev–Trinajstić information content (AvgIpc) is 2.84. The van der Waals surface area contributed by atoms with Crippen LogP contribution in [0.25, 0.3) is 5.65 Å². The van der Waals surface area contributed by atoms with Gasteiger partial charge in [-0.05, 0) is 32.9 Å². The molecule has 0 saturated heterocycles. The second kappa shape index (κ2) is 5.82. The topological polar surface area (TPSA) is 84.7 Å². The van der Waals surface area contributed by atoms with Crippen LogP contribution < -0.4 is 10.6 Å². The van der Waals surface area contributed by atoms with E-state index in [1.807, 2.05) is 6.07 Å². The second-order valence-electron chi connectivity index (χ2n) is 5.47. The third-order valence-electron chi connectivity index (χ3n) is 2.49. The Bertz CT molecular complexity index is 658. The fourth-order valence-electron chi connectivity index (χ4n) is 1.70. The molecule has 0 unspecified atom stereocenters. The smallest absolute Gasteiger partial charge is 0.408 e. The van der Waals surface area contributed by atoms with Crippen LogP contribution in [0.4, 0.5) is 10.6 Å². The molecule has 0 aliphatic heterocycles. The molecule has 0 bridgehead atoms. The van der Waals surface area contributed by atoms with Crippen molar-refractivity contribution in [1.82, 2.24) is 14.7 Å². The maximum Gasteiger partial charge on any atom is 0.408 e. The molecule has 0 aliphatic rings. The lowest BCUT2D eigenvalue weighted by Crippen LogP contribution is -2.37. The van der Waals surface area contributed by atoms with E-state index in [1.165, 1.54) is 0 Å². The molecule has 2 aromatic rings. The van der Waals surface area contributed by atoms with Crippen molar-refractivity contribution in [2.45, 2.75) is 26.4 Å². The van der Waals surface area contributed by atoms with Crippen molar-refractivity contribution in [3.8, 4) is 0 Å². The molecule has 2 aromatic heterocycles. The van der Waals surface area contributed by atoms with Crippen LogP contribution in [0.3, 0.4) is 0 Å². The number of amides is 2. The third kappa shape index (κ3) is 4.20. The zero-order valence-electron chi connectivity index (χ0n) is 12.2. The van der Waals surface area contributed by atoms with Crippen LogP contribution in [-0.2, 0) is 9.53 Å². The highest BCUT2D eigenvalue weighted by Gasteiger charge is 2.16. The molecular weight excluding hydrogens is 272 g/mol. The van der Waals surface area contributed by atoms with Gasteiger partial charge in [-0.2, -0.15) is 0 Å². The summed E-state index contributed by atoms with van der Waals surface area (Å²) in [5.41, 5.74) is 0.135. The summed E-state index contributed by atoms with van der Waals surface area (Å²) in [6.07, 6.45) is 2.76. The van der Waals surface area contributed by atoms with Crippen LogP contribution in [0, 0.1) is 0 Å². The molecule has 0 aliphatic carbocycles. The molecule has 2 heterocycles. The lowest BCUT2D eigenvalue weighted by atomic mass is 10.2. The minimum atomic E-state index is -0.626. The number of pyridine rings is 1. The number of alkyl carbamates (subject to hydrolysis) is 1. The van der Waals surface area contributed by atoms with Crippen LogP contribution in [0.15, 0.2) is 30.6 Å². The summed E-state index contributed by atoms with van der Waals surface area (Å²) in [6, 6.07) is 5.37. The molecule has 0 aromatic carbocycles. The molecule has 0 saturated carbocycles. The van der Waals surface area contributed by atoms with Gasteiger partial charge in [-0.3, -0.25) is 9.20 Å². The predicted molar refractivity (Wildman–Crippen MR) is 78.1 cm³/mol. The van der Waals surface area contributed by atoms with E-state index in [4.69, 9.17) is 4.74 Å². The minimum absolute atomic E-state index is 0.167. The Morgan fingerprint density at radius 1 is 1.33 bits per heavy atom. The Hall–Kier alpha value is -2.57. The molecule has 21 heavy (non-hydrogen) atoms. The summed E-state index contributed by atoms with van der Waals surface area (Å²) in [4.78, 5) is 27.4. The minimum Gasteiger partial charge on any atom is -0.444 e. The van der Waals surface area contributed by atoms with Crippen molar-refractivity contribution < 1.29 is 14.3 Å². The standard InChI is InChI=1S/C14H18N4O3/c1-14(2,3)21-13(20)16-9-12(19)17-11-6-4-5-10-15-7-8-18(10)11/h4-8H,9H2,1-3H3,(H,16,20)(H,17,19). The first-order chi connectivity index (χ1) is 9.85. The lowest BCUT2D eigenvalue weighted by Gasteiger charge is -2.19. The summed E-state index contributed by atoms with van der Waals surface area (Å²) in [7, 11) is 0. The average molecular weight is 290 g/mol. The molecule has 7 nitrogen and oxygen atoms in total. The lowest BCUT2D eigenvalue weighted by molar-refractivity contribution is -0.115. The SMILES string of the molecule is CC(C)(C)OC(=O)NCC(=O)Nc1cccc2nccn12. The maximum atomic E-state index is 11.8. The van der Waals surface area contributed by atoms with E-state index in [0.717, 1.165) is 5.65 Å². The number of hydrogen-bond acceptors (Lipinski definition) is 4. The summed E-state index contributed by atoms with van der Waals surface area (Å²) in [5, 5.41) is 5.11. The highest BCUT2D eigenvalue weighted by atomic mass is 16.6. The number of anilines is 1. The maximum absolute atomic E-state index is 11.8. The first-order valence-electron chi connectivity index (χ1n) is 6.54. The van der Waals surface area contributed by atoms with Gasteiger partial charge in [0.25, 0.3) is 0 Å². The van der Waals surface area contributed by atoms with Gasteiger partial charge in [0.15, 0.2) is 0 Å². The van der Waals surface area contributed by atoms with Crippen LogP contribution in [0.2, 0.25) is 0 Å². The van der Waals surface area contributed by atoms with E-state index in [1.54, 1.807) is 49.7 Å². The van der Waals surface area contributed by atoms with Gasteiger partial charge in [-0.15, -0.1) is 0 Å². The van der Waals surface area contributed by atoms with Crippen molar-refractivity contribution in [2.24, 2.45) is 0 Å². The van der Waals surface area contributed by atoms with Crippen molar-refractivity contribution >= 4 is 23.5 Å². The first kappa shape index (κ1) is 14.8. The van der Waals surface area contributed by atoms with Gasteiger partial charge in [0.2, 0.25) is 5.91 Å². The summed E-state index contributed by atoms with van der Waals surface area (Å²) in [5.74, 6) is 0.239. The highest BCUT2D eigenvalue weighted by Crippen LogP contribution is 2.10. The molecule has 112 valence electrons. The van der Waals surface area contributed by atoms with Crippen LogP contribution in [-0.4, -0.2) is 33.5 Å². The molecule has 0 radical (unpaired) electrons. The van der Waals surface area contributed by atoms with E-state index >= 15 is 0 Å². The fourth-order valence-corrected chi connectivity index (χ4v) is 1.70. The number of carbonyl (C=O) groups excluding carboxylic acids is 2. The van der Waals surface area contributed by atoms with Crippen molar-refractivity contribution in [3.05, 3.63) is 30.6 Å². The van der Waals surface area contributed by atoms with Gasteiger partial charge in [-0.25, -0.2) is 9.78 Å². The van der Waals surface area contributed by atoms with E-state index in [0.29, 0.717) is 5.82 Å². The Labute approximate surface area is 122 Å². The molecule has 7 heteroatoms. The van der Waals surface area contributed by atoms with Crippen LogP contribution in [0.5, 0.6) is 0 Å². The Kier molecular flexibility index (Phi) is 4.11. The third-order valence-corrected chi connectivity index (χ3v) is 2.49. The van der Waals surface area contributed by atoms with E-state index in [2.05, 4.69) is 15.6 Å². The zero-order chi connectivity index (χ0) is 15.5. The Morgan fingerprint density at radius 3 is 2.81 bits per heavy atom. The van der Waals surface area contributed by atoms with Gasteiger partial charge in [0.1, 0.15) is 23.6 Å². The summed E-state index contributed by atoms with van der Waals surface area (Å²) in [6.45, 7) is 5.10. The quantitative estimate of drug-likeness (QED) is 0.902. The monoisotopic (exact) mass is 290 g/mol. The van der Waals surface area contributed by atoms with Crippen LogP contribution >= 0.6 is 0 Å². The normalized spacial score (nSPS) is 11.2. The number of carbonyl (C=O) groups is 2. The Morgan fingerprint density at radius 2 is 2.10 bits per heavy atom. The Balaban J connectivity index is 1.90. The first-order valence-corrected chi connectivity index (χ1v) is 6.54. The van der Waals surface area contributed by atoms with Gasteiger partial charge >= 0.3 is 6.09 Å². The van der Waals surface area contributed by atoms with Crippen molar-refractivity contribution in [3.63, 3.8) is 0 Å². The van der Waals surface area contributed by atoms with Crippen molar-refractivity contribution in [1.29, 1.82) is 0 Å². The van der Waals surface area contributed by atoms with Gasteiger partial charge in [-0.1, -0.05) is 6.07 Å². The largest absolute Gasteiger partial charge is 0.444 e. The van der Waals surface area contributed by atoms with Crippen LogP contribution in [0.1, 0.15) is 20.8 Å². The number of fused-ring (bicyclic) bond motifs is 1. The number of nitrogens with one attached hydrogen (secondary N) is 2. The van der Waals surface area contributed by atoms with E-state index in [-0.39, 0.29) is 12.5 Å². The number of aromatic nitrogens is 2. The zero-order valence-corrected chi connectivity index (χ0v) is 12.2. The van der Waals surface area contributed by atoms with Crippen molar-refractivity contribution in [2.75, 3.05) is 11.9 Å². The van der Waals surface area contributed by atoms with Gasteiger partial charge < -0.3 is 15.4 Å². The number of ether oxygens (including phenoxy) is 1. The van der Waals surface area contributed by atoms with E-state index < -0.39 is 11.7 Å². The number of imidazole rings is 1. The number of rotatable bonds is 3. The summed E-state index contributed by atoms with van der Waals surface area (Å²) < 4.78 is 6.79. The molecule has 0 atom stereocenters. The molecule has 2 amide bonds. The molecule has 0 fully saturated rings. The van der Waals surface area contributed by atoms with Gasteiger partial charge in [0, 0.05) is 12.4 Å². The summed E-state index contributed by atoms with van der Waals surface area (Å²) >= 11 is 0. The number of hydrogen-bond donors (Lipinski definition) is 2. The van der Waals surface area contributed by atoms with Gasteiger partial charge in [0.05, 0.1) is 0 Å². The van der Waals surface area contributed by atoms with E-state index in [9.17, 15) is 9.59 Å². The predicted octanol–water partition coefficient (Wildman–Crippen LogP) is 1.80. The molecule has 0 spiro atoms. The highest BCUT2D eigenvalue weighted by molar-refractivity contribution is 5.93. The molecule has 2 rings (SSSR count). The second-order valence-corrected chi connectivity index (χ2v) is 5.47.